The van der Waals surface area contributed by atoms with E-state index in [9.17, 15) is 92.3 Å². The summed E-state index contributed by atoms with van der Waals surface area (Å²) in [5.41, 5.74) is 20.2. The van der Waals surface area contributed by atoms with E-state index in [1.54, 1.807) is 53.4 Å². The molecule has 1 fully saturated rings. The summed E-state index contributed by atoms with van der Waals surface area (Å²) in [6.07, 6.45) is -1.27. The number of likely N-dealkylation sites (tertiary alicyclic amines) is 1. The van der Waals surface area contributed by atoms with Crippen molar-refractivity contribution in [3.8, 4) is 0 Å². The molecule has 119 heavy (non-hydrogen) atoms. The zero-order valence-corrected chi connectivity index (χ0v) is 64.9. The number of rotatable bonds is 36. The molecule has 40 nitrogen and oxygen atoms in total. The van der Waals surface area contributed by atoms with Crippen molar-refractivity contribution in [1.29, 1.82) is 5.41 Å². The predicted molar refractivity (Wildman–Crippen MR) is 435 cm³/mol. The van der Waals surface area contributed by atoms with Crippen molar-refractivity contribution in [1.82, 2.24) is 67.1 Å². The third-order valence-electron chi connectivity index (χ3n) is 19.4. The molecule has 620 valence electrons. The van der Waals surface area contributed by atoms with Gasteiger partial charge in [-0.05, 0) is 139 Å². The Hall–Kier alpha value is -14.4. The van der Waals surface area contributed by atoms with Gasteiger partial charge in [-0.2, -0.15) is 10.1 Å². The van der Waals surface area contributed by atoms with Gasteiger partial charge >= 0.3 is 29.9 Å². The topological polar surface area (TPSA) is 622 Å². The maximum Gasteiger partial charge on any atom is 0.339 e. The van der Waals surface area contributed by atoms with Crippen LogP contribution in [0.3, 0.4) is 0 Å². The van der Waals surface area contributed by atoms with Crippen LogP contribution in [0.1, 0.15) is 107 Å². The zero-order chi connectivity index (χ0) is 85.6. The number of carbonyl (C=O) groups is 14. The Morgan fingerprint density at radius 1 is 0.739 bits per heavy atom. The first-order valence-electron chi connectivity index (χ1n) is 36.8. The number of aryl methyl sites for hydroxylation is 1. The summed E-state index contributed by atoms with van der Waals surface area (Å²) in [5.74, 6) is -15.7. The first kappa shape index (κ1) is 85.5. The van der Waals surface area contributed by atoms with E-state index >= 15 is 0 Å². The summed E-state index contributed by atoms with van der Waals surface area (Å²) in [7, 11) is 0. The Balaban J connectivity index is 0.633. The Kier molecular flexibility index (Phi) is 27.3. The number of guanidine groups is 1. The number of aromatic nitrogens is 5. The number of benzene rings is 5. The summed E-state index contributed by atoms with van der Waals surface area (Å²) in [6.45, 7) is 3.38. The highest BCUT2D eigenvalue weighted by Gasteiger charge is 2.42. The van der Waals surface area contributed by atoms with E-state index in [0.717, 1.165) is 38.1 Å². The van der Waals surface area contributed by atoms with E-state index in [0.29, 0.717) is 74.7 Å². The minimum atomic E-state index is -2.09. The number of carboxylic acid groups (broad SMARTS) is 4. The van der Waals surface area contributed by atoms with Crippen molar-refractivity contribution in [2.24, 2.45) is 10.8 Å². The summed E-state index contributed by atoms with van der Waals surface area (Å²) in [4.78, 5) is 218. The largest absolute Gasteiger partial charge is 0.481 e. The number of aliphatic carboxylic acids is 4. The first-order valence-corrected chi connectivity index (χ1v) is 38.4. The van der Waals surface area contributed by atoms with Crippen molar-refractivity contribution in [3.63, 3.8) is 0 Å². The molecule has 0 radical (unpaired) electrons. The second-order valence-corrected chi connectivity index (χ2v) is 29.6. The molecular weight excluding hydrogens is 1590 g/mol. The van der Waals surface area contributed by atoms with E-state index in [2.05, 4.69) is 95.4 Å². The molecule has 11 amide bonds. The van der Waals surface area contributed by atoms with Gasteiger partial charge in [0.2, 0.25) is 41.4 Å². The number of imide groups is 1. The molecule has 7 atom stereocenters. The van der Waals surface area contributed by atoms with Gasteiger partial charge in [-0.15, -0.1) is 23.4 Å². The number of aromatic amines is 2. The Labute approximate surface area is 682 Å². The molecule has 1 aliphatic carbocycles. The number of hydrazone groups is 1. The van der Waals surface area contributed by atoms with Crippen LogP contribution in [-0.2, 0) is 65.7 Å². The third kappa shape index (κ3) is 21.6. The van der Waals surface area contributed by atoms with Gasteiger partial charge in [-0.1, -0.05) is 30.3 Å². The highest BCUT2D eigenvalue weighted by atomic mass is 35.5. The maximum atomic E-state index is 14.2. The van der Waals surface area contributed by atoms with Gasteiger partial charge in [0.05, 0.1) is 48.8 Å². The van der Waals surface area contributed by atoms with E-state index < -0.39 is 169 Å². The summed E-state index contributed by atoms with van der Waals surface area (Å²) < 4.78 is 0. The number of hydrogen-bond donors (Lipinski definition) is 19. The number of fused-ring (bicyclic) bond motifs is 6. The van der Waals surface area contributed by atoms with Gasteiger partial charge in [0.1, 0.15) is 35.9 Å². The van der Waals surface area contributed by atoms with Gasteiger partial charge in [0, 0.05) is 94.7 Å². The van der Waals surface area contributed by atoms with Gasteiger partial charge in [-0.3, -0.25) is 72.8 Å². The molecule has 2 unspecified atom stereocenters. The number of urea groups is 1. The van der Waals surface area contributed by atoms with Crippen molar-refractivity contribution in [3.05, 3.63) is 158 Å². The molecule has 0 saturated carbocycles. The Morgan fingerprint density at radius 2 is 1.40 bits per heavy atom. The number of thioether (sulfide) groups is 1. The van der Waals surface area contributed by atoms with Crippen molar-refractivity contribution < 1.29 is 87.5 Å². The average molecular weight is 1670 g/mol. The molecule has 42 heteroatoms. The van der Waals surface area contributed by atoms with Crippen LogP contribution in [-0.4, -0.2) is 212 Å². The lowest BCUT2D eigenvalue weighted by atomic mass is 9.93. The number of H-pyrrole nitrogens is 2. The van der Waals surface area contributed by atoms with E-state index in [1.165, 1.54) is 37.4 Å². The standard InChI is InChI=1S/C77H80ClN21O19S/c1-35-20-56-62(48-7-4-3-6-47(35)48)42(29-78)33-98(56)71(112)54-25-40-24-44(15-16-49(40)88-54)86-66(107)41-21-38-11-14-45(23-39(38)22-41)87-77(118)97-96-36(2)32-99-59(101)28-57(72(99)113)119-34-55(74(116)117)93-69(110)53(27-61(104)105)92-67(108)50(8-5-19-82-75(79)80)90-68(109)52(26-60(102)103)89-58(100)18-17-51(73(114)115)91-65(106)37-9-12-43(13-10-37)83-30-46-31-84-64-63(85-46)70(111)95-76(81)94-64/h3-4,6-7,9-16,20,22-25,31,42,50-53,55,57,83,88H,5,8,17-19,21,26-30,32-34H2,1-2H3,(H,86,107)(H,89,100)(H,90,109)(H,91,106)(H,92,108)(H,93,110)(H,102,103)(H,104,105)(H,114,115)(H,116,117)(H4,79,80,82)(H2,87,97,118)(H3,81,84,94,95,111)/b96-36+/t42?,50-,51-,52-,53-,55-,57?/m0/s1. The number of halogens is 1. The Morgan fingerprint density at radius 3 is 2.10 bits per heavy atom. The van der Waals surface area contributed by atoms with E-state index in [4.69, 9.17) is 28.5 Å². The summed E-state index contributed by atoms with van der Waals surface area (Å²) >= 11 is 7.13. The normalized spacial score (nSPS) is 15.4. The van der Waals surface area contributed by atoms with Crippen LogP contribution in [0.5, 0.6) is 0 Å². The molecule has 8 aromatic rings. The van der Waals surface area contributed by atoms with Gasteiger partial charge in [0.15, 0.2) is 17.1 Å². The van der Waals surface area contributed by atoms with Crippen molar-refractivity contribution >= 4 is 186 Å². The quantitative estimate of drug-likeness (QED) is 0.00670. The minimum Gasteiger partial charge on any atom is -0.481 e. The lowest BCUT2D eigenvalue weighted by Crippen LogP contribution is -2.58. The maximum absolute atomic E-state index is 14.2. The molecule has 0 bridgehead atoms. The number of nitrogens with two attached hydrogens (primary N) is 2. The number of nitrogens with one attached hydrogen (secondary N) is 13. The van der Waals surface area contributed by atoms with Crippen molar-refractivity contribution in [2.75, 3.05) is 57.9 Å². The second kappa shape index (κ2) is 37.9. The zero-order valence-electron chi connectivity index (χ0n) is 63.4. The molecule has 11 rings (SSSR count). The summed E-state index contributed by atoms with van der Waals surface area (Å²) in [6, 6.07) is 17.5. The smallest absolute Gasteiger partial charge is 0.339 e. The molecule has 3 aliphatic rings. The fourth-order valence-corrected chi connectivity index (χ4v) is 14.9. The van der Waals surface area contributed by atoms with Crippen LogP contribution in [0.4, 0.5) is 33.5 Å². The fourth-order valence-electron chi connectivity index (χ4n) is 13.5. The predicted octanol–water partition coefficient (Wildman–Crippen LogP) is 2.67. The van der Waals surface area contributed by atoms with Crippen LogP contribution in [0.2, 0.25) is 0 Å². The molecule has 5 heterocycles. The second-order valence-electron chi connectivity index (χ2n) is 28.0. The fraction of sp³-hybridized carbons (Fsp3) is 0.299. The third-order valence-corrected chi connectivity index (χ3v) is 21.0. The lowest BCUT2D eigenvalue weighted by molar-refractivity contribution is -0.143. The van der Waals surface area contributed by atoms with E-state index in [-0.39, 0.29) is 72.1 Å². The number of nitrogens with zero attached hydrogens (tertiary/aromatic N) is 6. The Bertz CT molecular complexity index is 5580. The summed E-state index contributed by atoms with van der Waals surface area (Å²) in [5, 5.41) is 75.0. The number of anilines is 5. The molecular formula is C77H80ClN21O19S. The number of carboxylic acids is 4. The number of hydrogen-bond acceptors (Lipinski definition) is 23. The van der Waals surface area contributed by atoms with Crippen LogP contribution < -0.4 is 75.2 Å². The number of amides is 11. The number of carbonyl (C=O) groups excluding carboxylic acids is 10. The number of alkyl halides is 1. The highest BCUT2D eigenvalue weighted by Crippen LogP contribution is 2.44. The average Bonchev–Trinajstić information content (AvgIpc) is 1.61. The molecule has 2 aliphatic heterocycles. The van der Waals surface area contributed by atoms with Gasteiger partial charge < -0.3 is 89.6 Å². The van der Waals surface area contributed by atoms with Crippen LogP contribution in [0.15, 0.2) is 119 Å². The molecule has 1 saturated heterocycles. The van der Waals surface area contributed by atoms with Crippen molar-refractivity contribution in [2.45, 2.75) is 113 Å². The number of nitrogen functional groups attached to an aromatic ring is 1. The minimum absolute atomic E-state index is 0.0123. The lowest BCUT2D eigenvalue weighted by Gasteiger charge is -2.25. The SMILES string of the molecule is C/C(CN1C(=O)CC(SC[C@H](NC(=O)[C@H](CC(=O)O)NC(=O)[C@H](CCCNC(=N)N)NC(=O)[C@H](CC(=O)O)NC(=O)CC[C@H](NC(=O)c2ccc(NCc3cnc4nc(N)[nH]c(=O)c4n3)cc2)C(=O)O)C(=O)O)C1=O)=N\NC(=O)Nc1ccc2c(c1)C=C(C(=O)Nc1ccc3[nH]c(C(=O)N4CC(CCl)c5c4cc(C)c4ccccc54)cc3c1)C2. The van der Waals surface area contributed by atoms with Crippen LogP contribution in [0, 0.1) is 12.3 Å². The molecule has 5 aromatic carbocycles. The van der Waals surface area contributed by atoms with Gasteiger partial charge in [-0.25, -0.2) is 29.8 Å². The van der Waals surface area contributed by atoms with Crippen LogP contribution in [0.25, 0.3) is 38.9 Å². The van der Waals surface area contributed by atoms with Gasteiger partial charge in [0.25, 0.3) is 23.3 Å². The molecule has 0 spiro atoms. The first-order chi connectivity index (χ1) is 56.7. The monoisotopic (exact) mass is 1670 g/mol. The van der Waals surface area contributed by atoms with Crippen LogP contribution >= 0.6 is 23.4 Å². The molecule has 3 aromatic heterocycles. The molecule has 21 N–H and O–H groups in total. The van der Waals surface area contributed by atoms with E-state index in [1.807, 2.05) is 25.1 Å². The highest BCUT2D eigenvalue weighted by molar-refractivity contribution is 8.00.